The second-order valence-electron chi connectivity index (χ2n) is 7.90. The molecule has 3 rings (SSSR count). The van der Waals surface area contributed by atoms with Crippen molar-refractivity contribution < 1.29 is 15.0 Å². The van der Waals surface area contributed by atoms with Gasteiger partial charge in [0, 0.05) is 25.7 Å². The van der Waals surface area contributed by atoms with E-state index in [4.69, 9.17) is 22.7 Å². The van der Waals surface area contributed by atoms with E-state index in [9.17, 15) is 9.90 Å². The number of carboxylic acid groups (broad SMARTS) is 1. The molecule has 0 radical (unpaired) electrons. The van der Waals surface area contributed by atoms with Gasteiger partial charge in [-0.2, -0.15) is 5.10 Å². The fourth-order valence-corrected chi connectivity index (χ4v) is 4.24. The van der Waals surface area contributed by atoms with Crippen molar-refractivity contribution in [2.45, 2.75) is 39.0 Å². The van der Waals surface area contributed by atoms with Crippen LogP contribution in [0.1, 0.15) is 42.9 Å². The highest BCUT2D eigenvalue weighted by molar-refractivity contribution is 7.80. The Balaban J connectivity index is 1.67. The number of carbonyl (C=O) groups is 1. The highest BCUT2D eigenvalue weighted by Gasteiger charge is 2.25. The van der Waals surface area contributed by atoms with E-state index in [0.29, 0.717) is 36.7 Å². The minimum absolute atomic E-state index is 0.107. The number of allylic oxidation sites excluding steroid dienone is 1. The second-order valence-corrected chi connectivity index (χ2v) is 8.29. The summed E-state index contributed by atoms with van der Waals surface area (Å²) in [6.45, 7) is 2.71. The number of likely N-dealkylation sites (tertiary alicyclic amines) is 1. The molecule has 0 aromatic heterocycles. The molecular weight excluding hydrogens is 414 g/mol. The number of hydrogen-bond donors (Lipinski definition) is 5. The zero-order valence-electron chi connectivity index (χ0n) is 17.9. The largest absolute Gasteiger partial charge is 0.504 e. The highest BCUT2D eigenvalue weighted by atomic mass is 32.1. The van der Waals surface area contributed by atoms with Crippen molar-refractivity contribution in [3.8, 4) is 0 Å². The lowest BCUT2D eigenvalue weighted by Crippen LogP contribution is -2.44. The fraction of sp³-hybridized carbons (Fsp3) is 0.455. The molecule has 0 spiro atoms. The maximum absolute atomic E-state index is 11.1. The molecule has 8 nitrogen and oxygen atoms in total. The lowest BCUT2D eigenvalue weighted by molar-refractivity contribution is -0.143. The summed E-state index contributed by atoms with van der Waals surface area (Å²) in [6.07, 6.45) is 4.33. The standard InChI is InChI=1S/C22H29N5O3S/c1-13(25-26-22(31)27-10-8-15(9-11-27)21(29)30)18(23)20(28)19(24-2)17-7-6-14-4-3-5-16(14)12-17/h6-7,12,15,23-24,28H,3-5,8-11H2,1-2H3,(H,26,31)(H,29,30)/b20-19+,23-18?,25-13+. The first-order chi connectivity index (χ1) is 14.8. The number of hydrogen-bond acceptors (Lipinski definition) is 6. The maximum atomic E-state index is 11.1. The topological polar surface area (TPSA) is 121 Å². The number of piperidine rings is 1. The third kappa shape index (κ3) is 5.22. The summed E-state index contributed by atoms with van der Waals surface area (Å²) >= 11 is 5.35. The number of hydrazone groups is 1. The molecule has 0 unspecified atom stereocenters. The Hall–Kier alpha value is -2.94. The molecule has 1 aromatic rings. The van der Waals surface area contributed by atoms with Crippen LogP contribution in [-0.4, -0.2) is 57.8 Å². The summed E-state index contributed by atoms with van der Waals surface area (Å²) in [6, 6.07) is 6.11. The Kier molecular flexibility index (Phi) is 7.27. The number of thiocarbonyl (C=S) groups is 1. The van der Waals surface area contributed by atoms with Gasteiger partial charge in [-0.1, -0.05) is 12.1 Å². The Morgan fingerprint density at radius 3 is 2.55 bits per heavy atom. The molecule has 0 amide bonds. The van der Waals surface area contributed by atoms with Gasteiger partial charge in [-0.15, -0.1) is 0 Å². The van der Waals surface area contributed by atoms with Gasteiger partial charge in [0.15, 0.2) is 10.9 Å². The average molecular weight is 444 g/mol. The van der Waals surface area contributed by atoms with Gasteiger partial charge < -0.3 is 20.4 Å². The van der Waals surface area contributed by atoms with Crippen LogP contribution in [0.15, 0.2) is 29.1 Å². The monoisotopic (exact) mass is 443 g/mol. The second kappa shape index (κ2) is 9.91. The molecule has 1 fully saturated rings. The number of aryl methyl sites for hydroxylation is 2. The first-order valence-corrected chi connectivity index (χ1v) is 10.9. The van der Waals surface area contributed by atoms with Crippen LogP contribution in [0, 0.1) is 11.3 Å². The van der Waals surface area contributed by atoms with Crippen LogP contribution in [0.5, 0.6) is 0 Å². The van der Waals surface area contributed by atoms with Crippen molar-refractivity contribution in [1.82, 2.24) is 15.6 Å². The molecule has 1 saturated heterocycles. The van der Waals surface area contributed by atoms with Gasteiger partial charge >= 0.3 is 5.97 Å². The summed E-state index contributed by atoms with van der Waals surface area (Å²) < 4.78 is 0. The van der Waals surface area contributed by atoms with Crippen LogP contribution in [0.2, 0.25) is 0 Å². The summed E-state index contributed by atoms with van der Waals surface area (Å²) in [4.78, 5) is 12.9. The number of aliphatic carboxylic acids is 1. The number of carboxylic acids is 1. The quantitative estimate of drug-likeness (QED) is 0.198. The number of fused-ring (bicyclic) bond motifs is 1. The van der Waals surface area contributed by atoms with E-state index >= 15 is 0 Å². The number of nitrogens with zero attached hydrogens (tertiary/aromatic N) is 2. The molecule has 1 heterocycles. The highest BCUT2D eigenvalue weighted by Crippen LogP contribution is 2.26. The van der Waals surface area contributed by atoms with Crippen molar-refractivity contribution in [3.63, 3.8) is 0 Å². The number of benzene rings is 1. The summed E-state index contributed by atoms with van der Waals surface area (Å²) in [5.41, 5.74) is 6.89. The van der Waals surface area contributed by atoms with Crippen LogP contribution in [0.4, 0.5) is 0 Å². The smallest absolute Gasteiger partial charge is 0.306 e. The normalized spacial score (nSPS) is 17.6. The molecular formula is C22H29N5O3S. The minimum atomic E-state index is -0.771. The van der Waals surface area contributed by atoms with Crippen molar-refractivity contribution in [3.05, 3.63) is 40.6 Å². The van der Waals surface area contributed by atoms with E-state index in [-0.39, 0.29) is 23.1 Å². The molecule has 166 valence electrons. The molecule has 31 heavy (non-hydrogen) atoms. The Morgan fingerprint density at radius 1 is 1.23 bits per heavy atom. The number of aliphatic hydroxyl groups is 1. The zero-order valence-corrected chi connectivity index (χ0v) is 18.7. The van der Waals surface area contributed by atoms with Crippen molar-refractivity contribution in [1.29, 1.82) is 5.41 Å². The third-order valence-corrected chi connectivity index (χ3v) is 6.27. The van der Waals surface area contributed by atoms with Crippen molar-refractivity contribution in [2.24, 2.45) is 11.0 Å². The zero-order chi connectivity index (χ0) is 22.5. The van der Waals surface area contributed by atoms with Gasteiger partial charge in [-0.3, -0.25) is 15.6 Å². The molecule has 9 heteroatoms. The van der Waals surface area contributed by atoms with Gasteiger partial charge in [0.05, 0.1) is 17.3 Å². The molecule has 5 N–H and O–H groups in total. The number of nitrogens with one attached hydrogen (secondary N) is 3. The van der Waals surface area contributed by atoms with E-state index < -0.39 is 5.97 Å². The molecule has 0 atom stereocenters. The van der Waals surface area contributed by atoms with Gasteiger partial charge in [-0.25, -0.2) is 0 Å². The van der Waals surface area contributed by atoms with Crippen molar-refractivity contribution >= 4 is 40.4 Å². The molecule has 1 aromatic carbocycles. The van der Waals surface area contributed by atoms with E-state index in [2.05, 4.69) is 28.0 Å². The van der Waals surface area contributed by atoms with E-state index in [1.807, 2.05) is 11.0 Å². The maximum Gasteiger partial charge on any atom is 0.306 e. The van der Waals surface area contributed by atoms with Crippen LogP contribution < -0.4 is 10.7 Å². The molecule has 1 aliphatic carbocycles. The predicted octanol–water partition coefficient (Wildman–Crippen LogP) is 2.69. The fourth-order valence-electron chi connectivity index (χ4n) is 4.01. The minimum Gasteiger partial charge on any atom is -0.504 e. The average Bonchev–Trinajstić information content (AvgIpc) is 3.25. The van der Waals surface area contributed by atoms with Gasteiger partial charge in [-0.05, 0) is 68.4 Å². The Bertz CT molecular complexity index is 948. The summed E-state index contributed by atoms with van der Waals surface area (Å²) in [5.74, 6) is -1.29. The van der Waals surface area contributed by atoms with Crippen LogP contribution in [0.3, 0.4) is 0 Å². The molecule has 2 aliphatic rings. The first-order valence-electron chi connectivity index (χ1n) is 10.5. The predicted molar refractivity (Wildman–Crippen MR) is 126 cm³/mol. The number of aliphatic hydroxyl groups excluding tert-OH is 1. The van der Waals surface area contributed by atoms with Crippen molar-refractivity contribution in [2.75, 3.05) is 20.1 Å². The molecule has 0 bridgehead atoms. The van der Waals surface area contributed by atoms with E-state index in [0.717, 1.165) is 24.8 Å². The van der Waals surface area contributed by atoms with Crippen LogP contribution >= 0.6 is 12.2 Å². The van der Waals surface area contributed by atoms with Crippen LogP contribution in [-0.2, 0) is 17.6 Å². The summed E-state index contributed by atoms with van der Waals surface area (Å²) in [5, 5.41) is 35.7. The first kappa shape index (κ1) is 22.7. The number of rotatable bonds is 6. The third-order valence-electron chi connectivity index (χ3n) is 5.92. The lowest BCUT2D eigenvalue weighted by atomic mass is 9.97. The molecule has 0 saturated carbocycles. The van der Waals surface area contributed by atoms with E-state index in [1.165, 1.54) is 11.1 Å². The van der Waals surface area contributed by atoms with Gasteiger partial charge in [0.1, 0.15) is 5.71 Å². The Labute approximate surface area is 187 Å². The molecule has 1 aliphatic heterocycles. The summed E-state index contributed by atoms with van der Waals surface area (Å²) in [7, 11) is 1.71. The SMILES string of the molecule is CN/C(=C(/O)C(=N)/C(C)=N/NC(=S)N1CCC(C(=O)O)CC1)c1ccc2c(c1)CCC2. The van der Waals surface area contributed by atoms with Gasteiger partial charge in [0.25, 0.3) is 0 Å². The van der Waals surface area contributed by atoms with E-state index in [1.54, 1.807) is 14.0 Å². The van der Waals surface area contributed by atoms with Gasteiger partial charge in [0.2, 0.25) is 0 Å². The Morgan fingerprint density at radius 2 is 1.90 bits per heavy atom. The lowest BCUT2D eigenvalue weighted by Gasteiger charge is -2.31. The van der Waals surface area contributed by atoms with Crippen LogP contribution in [0.25, 0.3) is 5.70 Å².